The van der Waals surface area contributed by atoms with E-state index in [1.165, 1.54) is 12.1 Å². The maximum atomic E-state index is 12.9. The van der Waals surface area contributed by atoms with Gasteiger partial charge in [-0.2, -0.15) is 0 Å². The third kappa shape index (κ3) is 2.58. The number of nitrogens with one attached hydrogen (secondary N) is 1. The standard InChI is InChI=1S/C12H15FN2O/c13-9-3-1-4-10(7-9)15-11(16)8-12(14)5-2-6-12/h1,3-4,7H,2,5-6,8,14H2,(H,15,16). The molecule has 4 heteroatoms. The first-order valence-corrected chi connectivity index (χ1v) is 5.42. The first-order valence-electron chi connectivity index (χ1n) is 5.42. The molecular weight excluding hydrogens is 207 g/mol. The SMILES string of the molecule is NC1(CC(=O)Nc2cccc(F)c2)CCC1. The predicted molar refractivity (Wildman–Crippen MR) is 60.4 cm³/mol. The van der Waals surface area contributed by atoms with Gasteiger partial charge in [0.05, 0.1) is 0 Å². The van der Waals surface area contributed by atoms with Crippen LogP contribution in [-0.2, 0) is 4.79 Å². The van der Waals surface area contributed by atoms with E-state index in [1.807, 2.05) is 0 Å². The van der Waals surface area contributed by atoms with Gasteiger partial charge in [0.25, 0.3) is 0 Å². The molecular formula is C12H15FN2O. The zero-order valence-corrected chi connectivity index (χ0v) is 9.00. The normalized spacial score (nSPS) is 17.6. The van der Waals surface area contributed by atoms with Gasteiger partial charge < -0.3 is 11.1 Å². The first-order chi connectivity index (χ1) is 7.57. The summed E-state index contributed by atoms with van der Waals surface area (Å²) in [5.41, 5.74) is 6.10. The van der Waals surface area contributed by atoms with Crippen molar-refractivity contribution in [3.63, 3.8) is 0 Å². The number of hydrogen-bond acceptors (Lipinski definition) is 2. The number of carbonyl (C=O) groups is 1. The molecule has 0 aromatic heterocycles. The number of benzene rings is 1. The van der Waals surface area contributed by atoms with Gasteiger partial charge >= 0.3 is 0 Å². The van der Waals surface area contributed by atoms with Crippen molar-refractivity contribution >= 4 is 11.6 Å². The molecule has 0 aliphatic heterocycles. The second-order valence-electron chi connectivity index (χ2n) is 4.45. The summed E-state index contributed by atoms with van der Waals surface area (Å²) in [6.07, 6.45) is 3.18. The van der Waals surface area contributed by atoms with Crippen molar-refractivity contribution < 1.29 is 9.18 Å². The van der Waals surface area contributed by atoms with Crippen molar-refractivity contribution in [1.82, 2.24) is 0 Å². The van der Waals surface area contributed by atoms with Crippen LogP contribution in [0.4, 0.5) is 10.1 Å². The average molecular weight is 222 g/mol. The van der Waals surface area contributed by atoms with Crippen molar-refractivity contribution in [1.29, 1.82) is 0 Å². The molecule has 1 aromatic carbocycles. The van der Waals surface area contributed by atoms with Crippen molar-refractivity contribution in [2.45, 2.75) is 31.2 Å². The van der Waals surface area contributed by atoms with Crippen LogP contribution in [0, 0.1) is 5.82 Å². The minimum Gasteiger partial charge on any atom is -0.326 e. The van der Waals surface area contributed by atoms with Gasteiger partial charge in [0.15, 0.2) is 0 Å². The largest absolute Gasteiger partial charge is 0.326 e. The second kappa shape index (κ2) is 4.22. The van der Waals surface area contributed by atoms with Crippen LogP contribution < -0.4 is 11.1 Å². The van der Waals surface area contributed by atoms with Gasteiger partial charge in [-0.1, -0.05) is 6.07 Å². The van der Waals surface area contributed by atoms with Gasteiger partial charge in [-0.15, -0.1) is 0 Å². The molecule has 1 aliphatic carbocycles. The maximum Gasteiger partial charge on any atom is 0.226 e. The number of nitrogens with two attached hydrogens (primary N) is 1. The minimum atomic E-state index is -0.357. The molecule has 1 aromatic rings. The van der Waals surface area contributed by atoms with Crippen LogP contribution in [0.3, 0.4) is 0 Å². The Kier molecular flexibility index (Phi) is 2.92. The fourth-order valence-corrected chi connectivity index (χ4v) is 1.90. The number of carbonyl (C=O) groups excluding carboxylic acids is 1. The van der Waals surface area contributed by atoms with Gasteiger partial charge in [0.1, 0.15) is 5.82 Å². The molecule has 3 N–H and O–H groups in total. The van der Waals surface area contributed by atoms with Crippen LogP contribution in [0.2, 0.25) is 0 Å². The molecule has 16 heavy (non-hydrogen) atoms. The average Bonchev–Trinajstić information content (AvgIpc) is 2.15. The number of amides is 1. The number of rotatable bonds is 3. The summed E-state index contributed by atoms with van der Waals surface area (Å²) in [4.78, 5) is 11.6. The highest BCUT2D eigenvalue weighted by Gasteiger charge is 2.34. The lowest BCUT2D eigenvalue weighted by molar-refractivity contribution is -0.118. The molecule has 1 fully saturated rings. The Labute approximate surface area is 93.8 Å². The summed E-state index contributed by atoms with van der Waals surface area (Å²) >= 11 is 0. The highest BCUT2D eigenvalue weighted by atomic mass is 19.1. The lowest BCUT2D eigenvalue weighted by atomic mass is 9.75. The van der Waals surface area contributed by atoms with Crippen LogP contribution >= 0.6 is 0 Å². The van der Waals surface area contributed by atoms with E-state index >= 15 is 0 Å². The van der Waals surface area contributed by atoms with Crippen LogP contribution in [0.1, 0.15) is 25.7 Å². The van der Waals surface area contributed by atoms with E-state index in [9.17, 15) is 9.18 Å². The number of halogens is 1. The Morgan fingerprint density at radius 1 is 1.50 bits per heavy atom. The van der Waals surface area contributed by atoms with E-state index < -0.39 is 0 Å². The van der Waals surface area contributed by atoms with Crippen LogP contribution in [0.25, 0.3) is 0 Å². The summed E-state index contributed by atoms with van der Waals surface area (Å²) in [7, 11) is 0. The van der Waals surface area contributed by atoms with Crippen LogP contribution in [0.15, 0.2) is 24.3 Å². The molecule has 3 nitrogen and oxygen atoms in total. The van der Waals surface area contributed by atoms with Crippen LogP contribution in [-0.4, -0.2) is 11.4 Å². The van der Waals surface area contributed by atoms with Crippen LogP contribution in [0.5, 0.6) is 0 Å². The summed E-state index contributed by atoms with van der Waals surface area (Å²) in [5.74, 6) is -0.503. The lowest BCUT2D eigenvalue weighted by Crippen LogP contribution is -2.48. The first kappa shape index (κ1) is 11.1. The molecule has 1 aliphatic rings. The van der Waals surface area contributed by atoms with E-state index in [4.69, 9.17) is 5.73 Å². The summed E-state index contributed by atoms with van der Waals surface area (Å²) in [6.45, 7) is 0. The molecule has 0 spiro atoms. The van der Waals surface area contributed by atoms with Crippen molar-refractivity contribution in [3.05, 3.63) is 30.1 Å². The predicted octanol–water partition coefficient (Wildman–Crippen LogP) is 2.04. The maximum absolute atomic E-state index is 12.9. The highest BCUT2D eigenvalue weighted by molar-refractivity contribution is 5.91. The van der Waals surface area contributed by atoms with Crippen molar-refractivity contribution in [3.8, 4) is 0 Å². The fourth-order valence-electron chi connectivity index (χ4n) is 1.90. The van der Waals surface area contributed by atoms with E-state index in [0.717, 1.165) is 19.3 Å². The Bertz CT molecular complexity index is 402. The molecule has 0 unspecified atom stereocenters. The highest BCUT2D eigenvalue weighted by Crippen LogP contribution is 2.32. The molecule has 0 saturated heterocycles. The topological polar surface area (TPSA) is 55.1 Å². The van der Waals surface area contributed by atoms with Gasteiger partial charge in [0.2, 0.25) is 5.91 Å². The van der Waals surface area contributed by atoms with E-state index in [1.54, 1.807) is 12.1 Å². The van der Waals surface area contributed by atoms with Gasteiger partial charge in [0, 0.05) is 17.6 Å². The molecule has 1 amide bonds. The zero-order chi connectivity index (χ0) is 11.6. The van der Waals surface area contributed by atoms with Crippen molar-refractivity contribution in [2.24, 2.45) is 5.73 Å². The smallest absolute Gasteiger partial charge is 0.226 e. The Balaban J connectivity index is 1.92. The molecule has 0 radical (unpaired) electrons. The lowest BCUT2D eigenvalue weighted by Gasteiger charge is -2.37. The molecule has 0 atom stereocenters. The minimum absolute atomic E-state index is 0.146. The third-order valence-electron chi connectivity index (χ3n) is 2.97. The zero-order valence-electron chi connectivity index (χ0n) is 9.00. The summed E-state index contributed by atoms with van der Waals surface area (Å²) in [5, 5.41) is 2.65. The fraction of sp³-hybridized carbons (Fsp3) is 0.417. The van der Waals surface area contributed by atoms with E-state index in [0.29, 0.717) is 12.1 Å². The van der Waals surface area contributed by atoms with Gasteiger partial charge in [-0.25, -0.2) is 4.39 Å². The van der Waals surface area contributed by atoms with E-state index in [-0.39, 0.29) is 17.3 Å². The number of hydrogen-bond donors (Lipinski definition) is 2. The molecule has 86 valence electrons. The van der Waals surface area contributed by atoms with E-state index in [2.05, 4.69) is 5.32 Å². The molecule has 1 saturated carbocycles. The quantitative estimate of drug-likeness (QED) is 0.822. The van der Waals surface area contributed by atoms with Crippen molar-refractivity contribution in [2.75, 3.05) is 5.32 Å². The Morgan fingerprint density at radius 3 is 2.81 bits per heavy atom. The third-order valence-corrected chi connectivity index (χ3v) is 2.97. The molecule has 0 heterocycles. The summed E-state index contributed by atoms with van der Waals surface area (Å²) in [6, 6.07) is 5.85. The van der Waals surface area contributed by atoms with Gasteiger partial charge in [-0.05, 0) is 37.5 Å². The molecule has 2 rings (SSSR count). The number of anilines is 1. The Morgan fingerprint density at radius 2 is 2.25 bits per heavy atom. The molecule has 0 bridgehead atoms. The van der Waals surface area contributed by atoms with Gasteiger partial charge in [-0.3, -0.25) is 4.79 Å². The Hall–Kier alpha value is -1.42. The monoisotopic (exact) mass is 222 g/mol. The summed E-state index contributed by atoms with van der Waals surface area (Å²) < 4.78 is 12.9. The second-order valence-corrected chi connectivity index (χ2v) is 4.45.